The van der Waals surface area contributed by atoms with Crippen molar-refractivity contribution in [2.45, 2.75) is 19.6 Å². The summed E-state index contributed by atoms with van der Waals surface area (Å²) >= 11 is 1.20. The molecule has 0 unspecified atom stereocenters. The summed E-state index contributed by atoms with van der Waals surface area (Å²) in [6.07, 6.45) is 1.76. The molecule has 44 heavy (non-hydrogen) atoms. The van der Waals surface area contributed by atoms with Gasteiger partial charge in [0, 0.05) is 5.56 Å². The van der Waals surface area contributed by atoms with Gasteiger partial charge in [-0.05, 0) is 66.1 Å². The molecule has 0 bridgehead atoms. The highest BCUT2D eigenvalue weighted by atomic mass is 32.1. The maximum absolute atomic E-state index is 14.0. The zero-order valence-electron chi connectivity index (χ0n) is 23.6. The van der Waals surface area contributed by atoms with E-state index in [0.717, 1.165) is 11.1 Å². The van der Waals surface area contributed by atoms with Gasteiger partial charge >= 0.3 is 5.97 Å². The number of ether oxygens (including phenoxy) is 2. The Morgan fingerprint density at radius 3 is 2.23 bits per heavy atom. The average Bonchev–Trinajstić information content (AvgIpc) is 3.35. The summed E-state index contributed by atoms with van der Waals surface area (Å²) in [5.41, 5.74) is 3.10. The summed E-state index contributed by atoms with van der Waals surface area (Å²) in [4.78, 5) is 32.7. The zero-order valence-corrected chi connectivity index (χ0v) is 24.4. The van der Waals surface area contributed by atoms with Crippen LogP contribution in [0, 0.1) is 11.6 Å². The molecule has 220 valence electrons. The fraction of sp³-hybridized carbons (Fsp3) is 0.114. The first kappa shape index (κ1) is 28.9. The van der Waals surface area contributed by atoms with Gasteiger partial charge in [0.05, 0.1) is 28.5 Å². The van der Waals surface area contributed by atoms with Crippen molar-refractivity contribution in [1.29, 1.82) is 0 Å². The lowest BCUT2D eigenvalue weighted by atomic mass is 9.93. The largest absolute Gasteiger partial charge is 0.489 e. The summed E-state index contributed by atoms with van der Waals surface area (Å²) in [6, 6.07) is 27.4. The van der Waals surface area contributed by atoms with Crippen LogP contribution in [0.15, 0.2) is 118 Å². The first-order valence-corrected chi connectivity index (χ1v) is 14.7. The fourth-order valence-corrected chi connectivity index (χ4v) is 5.96. The van der Waals surface area contributed by atoms with Crippen molar-refractivity contribution in [3.8, 4) is 5.75 Å². The molecule has 2 heterocycles. The van der Waals surface area contributed by atoms with Gasteiger partial charge in [-0.2, -0.15) is 0 Å². The van der Waals surface area contributed by atoms with Crippen LogP contribution in [0.2, 0.25) is 0 Å². The Morgan fingerprint density at radius 1 is 0.909 bits per heavy atom. The van der Waals surface area contributed by atoms with E-state index < -0.39 is 17.8 Å². The topological polar surface area (TPSA) is 69.9 Å². The molecule has 0 saturated heterocycles. The molecule has 0 saturated carbocycles. The highest BCUT2D eigenvalue weighted by Crippen LogP contribution is 2.35. The van der Waals surface area contributed by atoms with Crippen LogP contribution in [-0.2, 0) is 16.1 Å². The van der Waals surface area contributed by atoms with Crippen LogP contribution in [0.25, 0.3) is 11.8 Å². The number of esters is 1. The summed E-state index contributed by atoms with van der Waals surface area (Å²) in [5.74, 6) is -0.720. The second-order valence-corrected chi connectivity index (χ2v) is 11.0. The minimum atomic E-state index is -0.884. The lowest BCUT2D eigenvalue weighted by molar-refractivity contribution is -0.138. The monoisotopic (exact) mass is 608 g/mol. The molecule has 9 heteroatoms. The predicted octanol–water partition coefficient (Wildman–Crippen LogP) is 5.79. The van der Waals surface area contributed by atoms with Gasteiger partial charge in [-0.3, -0.25) is 9.36 Å². The van der Waals surface area contributed by atoms with E-state index in [9.17, 15) is 18.4 Å². The van der Waals surface area contributed by atoms with Crippen LogP contribution >= 0.6 is 11.3 Å². The molecule has 6 rings (SSSR count). The van der Waals surface area contributed by atoms with E-state index in [4.69, 9.17) is 14.5 Å². The van der Waals surface area contributed by atoms with Gasteiger partial charge in [-0.25, -0.2) is 18.6 Å². The lowest BCUT2D eigenvalue weighted by Gasteiger charge is -2.25. The van der Waals surface area contributed by atoms with E-state index >= 15 is 0 Å². The standard InChI is InChI=1S/C35H26F2N2O4S/c1-2-42-34(41)30-31(24-6-4-3-5-7-24)38-35-39(32(30)25-12-16-27(37)17-13-25)33(40)29(44-35)20-22-10-18-28(19-11-22)43-21-23-8-14-26(36)15-9-23/h3-20,32H,2,21H2,1H3/b29-20-/t32-/m0/s1. The van der Waals surface area contributed by atoms with Crippen molar-refractivity contribution >= 4 is 29.1 Å². The van der Waals surface area contributed by atoms with Crippen molar-refractivity contribution in [3.05, 3.63) is 162 Å². The molecule has 0 fully saturated rings. The molecule has 5 aromatic rings. The van der Waals surface area contributed by atoms with Gasteiger partial charge in [0.25, 0.3) is 5.56 Å². The number of carbonyl (C=O) groups is 1. The highest BCUT2D eigenvalue weighted by molar-refractivity contribution is 7.07. The fourth-order valence-electron chi connectivity index (χ4n) is 4.96. The van der Waals surface area contributed by atoms with Crippen LogP contribution in [0.3, 0.4) is 0 Å². The second kappa shape index (κ2) is 12.6. The number of carbonyl (C=O) groups excluding carboxylic acids is 1. The van der Waals surface area contributed by atoms with Gasteiger partial charge in [0.1, 0.15) is 24.0 Å². The summed E-state index contributed by atoms with van der Waals surface area (Å²) in [7, 11) is 0. The molecule has 0 spiro atoms. The Balaban J connectivity index is 1.42. The average molecular weight is 609 g/mol. The van der Waals surface area contributed by atoms with Crippen molar-refractivity contribution < 1.29 is 23.0 Å². The Morgan fingerprint density at radius 2 is 1.57 bits per heavy atom. The van der Waals surface area contributed by atoms with E-state index in [2.05, 4.69) is 0 Å². The molecular weight excluding hydrogens is 582 g/mol. The zero-order chi connectivity index (χ0) is 30.6. The Labute approximate surface area is 255 Å². The molecule has 1 aliphatic rings. The SMILES string of the molecule is CCOC(=O)C1=C(c2ccccc2)N=c2s/c(=C\c3ccc(OCc4ccc(F)cc4)cc3)c(=O)n2[C@H]1c1ccc(F)cc1. The maximum Gasteiger partial charge on any atom is 0.338 e. The first-order valence-electron chi connectivity index (χ1n) is 13.9. The third-order valence-corrected chi connectivity index (χ3v) is 8.04. The van der Waals surface area contributed by atoms with E-state index in [1.807, 2.05) is 42.5 Å². The van der Waals surface area contributed by atoms with Gasteiger partial charge in [0.2, 0.25) is 0 Å². The van der Waals surface area contributed by atoms with Crippen LogP contribution in [0.5, 0.6) is 5.75 Å². The minimum Gasteiger partial charge on any atom is -0.489 e. The third-order valence-electron chi connectivity index (χ3n) is 7.06. The molecule has 6 nitrogen and oxygen atoms in total. The number of rotatable bonds is 8. The molecule has 1 aromatic heterocycles. The number of hydrogen-bond acceptors (Lipinski definition) is 6. The molecule has 1 aliphatic heterocycles. The van der Waals surface area contributed by atoms with Crippen molar-refractivity contribution in [2.24, 2.45) is 4.99 Å². The number of fused-ring (bicyclic) bond motifs is 1. The quantitative estimate of drug-likeness (QED) is 0.209. The number of hydrogen-bond donors (Lipinski definition) is 0. The Hall–Kier alpha value is -5.15. The number of aromatic nitrogens is 1. The summed E-state index contributed by atoms with van der Waals surface area (Å²) in [6.45, 7) is 2.13. The maximum atomic E-state index is 14.0. The number of nitrogens with zero attached hydrogens (tertiary/aromatic N) is 2. The summed E-state index contributed by atoms with van der Waals surface area (Å²) in [5, 5.41) is 0. The van der Waals surface area contributed by atoms with Gasteiger partial charge in [-0.1, -0.05) is 78.1 Å². The van der Waals surface area contributed by atoms with E-state index in [1.54, 1.807) is 49.4 Å². The molecule has 1 atom stereocenters. The molecule has 0 N–H and O–H groups in total. The van der Waals surface area contributed by atoms with Gasteiger partial charge < -0.3 is 9.47 Å². The van der Waals surface area contributed by atoms with Gasteiger partial charge in [0.15, 0.2) is 4.80 Å². The van der Waals surface area contributed by atoms with Crippen LogP contribution in [0.4, 0.5) is 8.78 Å². The molecule has 0 amide bonds. The summed E-state index contributed by atoms with van der Waals surface area (Å²) < 4.78 is 40.3. The van der Waals surface area contributed by atoms with E-state index in [0.29, 0.717) is 31.9 Å². The molecule has 0 aliphatic carbocycles. The molecule has 0 radical (unpaired) electrons. The third kappa shape index (κ3) is 6.00. The van der Waals surface area contributed by atoms with Gasteiger partial charge in [-0.15, -0.1) is 0 Å². The van der Waals surface area contributed by atoms with Crippen molar-refractivity contribution in [1.82, 2.24) is 4.57 Å². The molecule has 4 aromatic carbocycles. The van der Waals surface area contributed by atoms with Crippen LogP contribution < -0.4 is 19.6 Å². The Kier molecular flexibility index (Phi) is 8.29. The van der Waals surface area contributed by atoms with E-state index in [-0.39, 0.29) is 30.2 Å². The van der Waals surface area contributed by atoms with E-state index in [1.165, 1.54) is 40.2 Å². The first-order chi connectivity index (χ1) is 21.4. The van der Waals surface area contributed by atoms with Crippen LogP contribution in [0.1, 0.15) is 35.2 Å². The number of halogens is 2. The highest BCUT2D eigenvalue weighted by Gasteiger charge is 2.35. The number of benzene rings is 4. The van der Waals surface area contributed by atoms with Crippen molar-refractivity contribution in [2.75, 3.05) is 6.61 Å². The molecular formula is C35H26F2N2O4S. The van der Waals surface area contributed by atoms with Crippen molar-refractivity contribution in [3.63, 3.8) is 0 Å². The predicted molar refractivity (Wildman–Crippen MR) is 165 cm³/mol. The smallest absolute Gasteiger partial charge is 0.338 e. The second-order valence-electron chi connectivity index (χ2n) is 9.97. The normalized spacial score (nSPS) is 14.6. The lowest BCUT2D eigenvalue weighted by Crippen LogP contribution is -2.40. The van der Waals surface area contributed by atoms with Crippen LogP contribution in [-0.4, -0.2) is 17.1 Å². The Bertz CT molecular complexity index is 2020. The number of thiazole rings is 1. The minimum absolute atomic E-state index is 0.134.